The average molecular weight is 286 g/mol. The Morgan fingerprint density at radius 3 is 2.65 bits per heavy atom. The number of rotatable bonds is 4. The quantitative estimate of drug-likeness (QED) is 0.530. The van der Waals surface area contributed by atoms with E-state index in [0.29, 0.717) is 5.52 Å². The van der Waals surface area contributed by atoms with Gasteiger partial charge in [-0.15, -0.1) is 0 Å². The molecular weight excluding hydrogens is 277 g/mol. The van der Waals surface area contributed by atoms with Crippen molar-refractivity contribution in [2.45, 2.75) is 19.0 Å². The molecule has 0 aliphatic rings. The van der Waals surface area contributed by atoms with Gasteiger partial charge in [0.25, 0.3) is 5.69 Å². The number of nitro groups is 1. The van der Waals surface area contributed by atoms with Crippen molar-refractivity contribution in [2.75, 3.05) is 0 Å². The summed E-state index contributed by atoms with van der Waals surface area (Å²) < 4.78 is 36.3. The number of fused-ring (bicyclic) bond motifs is 1. The maximum atomic E-state index is 12.1. The highest BCUT2D eigenvalue weighted by Crippen LogP contribution is 2.30. The highest BCUT2D eigenvalue weighted by atomic mass is 19.4. The summed E-state index contributed by atoms with van der Waals surface area (Å²) in [7, 11) is 0. The fourth-order valence-corrected chi connectivity index (χ4v) is 1.93. The Kier molecular flexibility index (Phi) is 3.47. The van der Waals surface area contributed by atoms with Crippen molar-refractivity contribution in [3.63, 3.8) is 0 Å². The van der Waals surface area contributed by atoms with Crippen LogP contribution in [0.25, 0.3) is 10.9 Å². The third-order valence-corrected chi connectivity index (χ3v) is 2.82. The number of nitro benzene ring substituents is 1. The standard InChI is InChI=1S/C12H9F3N2O3/c13-12(14,15)5-4-10(18)7-6-16-8-2-1-3-9(11(7)8)17(19)20/h1-3,6,16H,4-5H2. The molecule has 0 saturated carbocycles. The van der Waals surface area contributed by atoms with Crippen LogP contribution in [-0.2, 0) is 0 Å². The van der Waals surface area contributed by atoms with Gasteiger partial charge in [0, 0.05) is 24.2 Å². The number of carbonyl (C=O) groups excluding carboxylic acids is 1. The molecule has 8 heteroatoms. The largest absolute Gasteiger partial charge is 0.389 e. The van der Waals surface area contributed by atoms with Crippen molar-refractivity contribution in [3.05, 3.63) is 40.1 Å². The third kappa shape index (κ3) is 2.79. The summed E-state index contributed by atoms with van der Waals surface area (Å²) >= 11 is 0. The molecule has 0 saturated heterocycles. The minimum atomic E-state index is -4.44. The van der Waals surface area contributed by atoms with Gasteiger partial charge in [-0.3, -0.25) is 14.9 Å². The van der Waals surface area contributed by atoms with Crippen LogP contribution < -0.4 is 0 Å². The summed E-state index contributed by atoms with van der Waals surface area (Å²) in [5, 5.41) is 11.0. The molecule has 0 amide bonds. The van der Waals surface area contributed by atoms with Crippen LogP contribution in [0.15, 0.2) is 24.4 Å². The first kappa shape index (κ1) is 14.0. The highest BCUT2D eigenvalue weighted by molar-refractivity contribution is 6.10. The minimum absolute atomic E-state index is 0.0460. The number of benzene rings is 1. The van der Waals surface area contributed by atoms with Crippen molar-refractivity contribution in [3.8, 4) is 0 Å². The minimum Gasteiger partial charge on any atom is -0.360 e. The predicted molar refractivity (Wildman–Crippen MR) is 64.6 cm³/mol. The van der Waals surface area contributed by atoms with Crippen LogP contribution in [0.5, 0.6) is 0 Å². The number of nitrogens with one attached hydrogen (secondary N) is 1. The molecule has 0 radical (unpaired) electrons. The van der Waals surface area contributed by atoms with Crippen LogP contribution in [0.2, 0.25) is 0 Å². The molecular formula is C12H9F3N2O3. The Bertz CT molecular complexity index is 676. The normalized spacial score (nSPS) is 11.8. The van der Waals surface area contributed by atoms with Crippen molar-refractivity contribution >= 4 is 22.4 Å². The molecule has 1 aromatic heterocycles. The lowest BCUT2D eigenvalue weighted by Gasteiger charge is -2.04. The van der Waals surface area contributed by atoms with E-state index in [0.717, 1.165) is 0 Å². The van der Waals surface area contributed by atoms with Crippen LogP contribution in [0.4, 0.5) is 18.9 Å². The van der Waals surface area contributed by atoms with Crippen LogP contribution in [0.3, 0.4) is 0 Å². The van der Waals surface area contributed by atoms with Crippen LogP contribution in [0, 0.1) is 10.1 Å². The van der Waals surface area contributed by atoms with E-state index in [4.69, 9.17) is 0 Å². The maximum Gasteiger partial charge on any atom is 0.389 e. The first-order chi connectivity index (χ1) is 9.29. The summed E-state index contributed by atoms with van der Waals surface area (Å²) in [6.45, 7) is 0. The van der Waals surface area contributed by atoms with E-state index in [1.54, 1.807) is 0 Å². The number of Topliss-reactive ketones (excluding diaryl/α,β-unsaturated/α-hetero) is 1. The SMILES string of the molecule is O=C(CCC(F)(F)F)c1c[nH]c2cccc([N+](=O)[O-])c12. The zero-order chi connectivity index (χ0) is 14.9. The van der Waals surface area contributed by atoms with Crippen LogP contribution in [0.1, 0.15) is 23.2 Å². The van der Waals surface area contributed by atoms with Gasteiger partial charge in [-0.1, -0.05) is 6.07 Å². The van der Waals surface area contributed by atoms with Gasteiger partial charge in [-0.2, -0.15) is 13.2 Å². The summed E-state index contributed by atoms with van der Waals surface area (Å²) in [5.74, 6) is -0.775. The van der Waals surface area contributed by atoms with E-state index < -0.39 is 29.7 Å². The molecule has 0 fully saturated rings. The fraction of sp³-hybridized carbons (Fsp3) is 0.250. The van der Waals surface area contributed by atoms with Gasteiger partial charge in [0.2, 0.25) is 0 Å². The number of aromatic amines is 1. The van der Waals surface area contributed by atoms with Gasteiger partial charge in [-0.05, 0) is 6.07 Å². The fourth-order valence-electron chi connectivity index (χ4n) is 1.93. The Hall–Kier alpha value is -2.38. The maximum absolute atomic E-state index is 12.1. The third-order valence-electron chi connectivity index (χ3n) is 2.82. The first-order valence-electron chi connectivity index (χ1n) is 5.64. The van der Waals surface area contributed by atoms with Crippen LogP contribution >= 0.6 is 0 Å². The molecule has 1 N–H and O–H groups in total. The molecule has 0 atom stereocenters. The Morgan fingerprint density at radius 2 is 2.05 bits per heavy atom. The zero-order valence-corrected chi connectivity index (χ0v) is 10.0. The topological polar surface area (TPSA) is 76.0 Å². The van der Waals surface area contributed by atoms with Gasteiger partial charge in [-0.25, -0.2) is 0 Å². The second-order valence-corrected chi connectivity index (χ2v) is 4.20. The van der Waals surface area contributed by atoms with Crippen molar-refractivity contribution in [1.29, 1.82) is 0 Å². The lowest BCUT2D eigenvalue weighted by molar-refractivity contribution is -0.383. The van der Waals surface area contributed by atoms with E-state index in [9.17, 15) is 28.1 Å². The van der Waals surface area contributed by atoms with E-state index in [2.05, 4.69) is 4.98 Å². The van der Waals surface area contributed by atoms with Gasteiger partial charge in [0.15, 0.2) is 5.78 Å². The molecule has 5 nitrogen and oxygen atoms in total. The summed E-state index contributed by atoms with van der Waals surface area (Å²) in [6.07, 6.45) is -5.22. The van der Waals surface area contributed by atoms with Gasteiger partial charge in [0.1, 0.15) is 0 Å². The average Bonchev–Trinajstić information content (AvgIpc) is 2.78. The van der Waals surface area contributed by atoms with Crippen molar-refractivity contribution in [1.82, 2.24) is 4.98 Å². The summed E-state index contributed by atoms with van der Waals surface area (Å²) in [5.41, 5.74) is -0.0507. The van der Waals surface area contributed by atoms with E-state index >= 15 is 0 Å². The van der Waals surface area contributed by atoms with Crippen LogP contribution in [-0.4, -0.2) is 21.9 Å². The molecule has 106 valence electrons. The molecule has 2 aromatic rings. The Labute approximate surface area is 110 Å². The van der Waals surface area contributed by atoms with Gasteiger partial charge in [0.05, 0.1) is 22.2 Å². The monoisotopic (exact) mass is 286 g/mol. The number of hydrogen-bond donors (Lipinski definition) is 1. The number of alkyl halides is 3. The molecule has 0 spiro atoms. The zero-order valence-electron chi connectivity index (χ0n) is 10.0. The number of ketones is 1. The molecule has 1 heterocycles. The number of halogens is 3. The molecule has 20 heavy (non-hydrogen) atoms. The van der Waals surface area contributed by atoms with Crippen molar-refractivity contribution in [2.24, 2.45) is 0 Å². The highest BCUT2D eigenvalue weighted by Gasteiger charge is 2.29. The Balaban J connectivity index is 2.40. The first-order valence-corrected chi connectivity index (χ1v) is 5.64. The lowest BCUT2D eigenvalue weighted by atomic mass is 10.0. The second kappa shape index (κ2) is 4.95. The second-order valence-electron chi connectivity index (χ2n) is 4.20. The number of aromatic nitrogens is 1. The number of non-ortho nitro benzene ring substituents is 1. The van der Waals surface area contributed by atoms with Crippen molar-refractivity contribution < 1.29 is 22.9 Å². The number of carbonyl (C=O) groups is 1. The predicted octanol–water partition coefficient (Wildman–Crippen LogP) is 3.60. The molecule has 0 bridgehead atoms. The summed E-state index contributed by atoms with van der Waals surface area (Å²) in [4.78, 5) is 24.7. The molecule has 2 rings (SSSR count). The molecule has 0 aliphatic carbocycles. The molecule has 0 unspecified atom stereocenters. The van der Waals surface area contributed by atoms with E-state index in [-0.39, 0.29) is 16.6 Å². The summed E-state index contributed by atoms with van der Waals surface area (Å²) in [6, 6.07) is 4.15. The van der Waals surface area contributed by atoms with Gasteiger partial charge < -0.3 is 4.98 Å². The number of nitrogens with zero attached hydrogens (tertiary/aromatic N) is 1. The smallest absolute Gasteiger partial charge is 0.360 e. The lowest BCUT2D eigenvalue weighted by Crippen LogP contribution is -2.10. The van der Waals surface area contributed by atoms with E-state index in [1.165, 1.54) is 24.4 Å². The number of H-pyrrole nitrogens is 1. The van der Waals surface area contributed by atoms with Gasteiger partial charge >= 0.3 is 6.18 Å². The molecule has 1 aromatic carbocycles. The Morgan fingerprint density at radius 1 is 1.35 bits per heavy atom. The van der Waals surface area contributed by atoms with E-state index in [1.807, 2.05) is 0 Å². The molecule has 0 aliphatic heterocycles. The number of hydrogen-bond acceptors (Lipinski definition) is 3.